The second kappa shape index (κ2) is 11.9. The first-order chi connectivity index (χ1) is 15.6. The average Bonchev–Trinajstić information content (AvgIpc) is 2.84. The number of hydrogen-bond acceptors (Lipinski definition) is 4. The lowest BCUT2D eigenvalue weighted by atomic mass is 9.99. The van der Waals surface area contributed by atoms with Crippen LogP contribution < -0.4 is 14.8 Å². The van der Waals surface area contributed by atoms with Gasteiger partial charge in [-0.15, -0.1) is 0 Å². The van der Waals surface area contributed by atoms with Gasteiger partial charge < -0.3 is 14.8 Å². The fourth-order valence-electron chi connectivity index (χ4n) is 3.68. The third kappa shape index (κ3) is 6.34. The van der Waals surface area contributed by atoms with Gasteiger partial charge in [-0.05, 0) is 42.3 Å². The molecular weight excluding hydrogens is 400 g/mol. The lowest BCUT2D eigenvalue weighted by Gasteiger charge is -2.24. The van der Waals surface area contributed by atoms with Gasteiger partial charge in [0.25, 0.3) is 0 Å². The number of nitrogens with one attached hydrogen (secondary N) is 1. The molecule has 0 aliphatic heterocycles. The van der Waals surface area contributed by atoms with Gasteiger partial charge in [-0.2, -0.15) is 0 Å². The lowest BCUT2D eigenvalue weighted by molar-refractivity contribution is -0.122. The van der Waals surface area contributed by atoms with Crippen LogP contribution in [-0.4, -0.2) is 37.6 Å². The van der Waals surface area contributed by atoms with Crippen LogP contribution in [0.5, 0.6) is 11.5 Å². The first-order valence-corrected chi connectivity index (χ1v) is 11.1. The summed E-state index contributed by atoms with van der Waals surface area (Å²) in [6.45, 7) is 6.30. The molecular formula is C27H32N2O3. The summed E-state index contributed by atoms with van der Waals surface area (Å²) in [4.78, 5) is 15.1. The highest BCUT2D eigenvalue weighted by Crippen LogP contribution is 2.28. The van der Waals surface area contributed by atoms with Crippen molar-refractivity contribution in [2.75, 3.05) is 26.8 Å². The average molecular weight is 433 g/mol. The minimum absolute atomic E-state index is 0.0116. The van der Waals surface area contributed by atoms with Crippen molar-refractivity contribution in [3.05, 3.63) is 95.6 Å². The first-order valence-electron chi connectivity index (χ1n) is 11.1. The Labute approximate surface area is 191 Å². The summed E-state index contributed by atoms with van der Waals surface area (Å²) in [6.07, 6.45) is 0. The van der Waals surface area contributed by atoms with Crippen LogP contribution in [0.2, 0.25) is 0 Å². The van der Waals surface area contributed by atoms with Gasteiger partial charge in [-0.1, -0.05) is 73.7 Å². The highest BCUT2D eigenvalue weighted by Gasteiger charge is 2.18. The van der Waals surface area contributed by atoms with Crippen LogP contribution in [0.4, 0.5) is 0 Å². The molecule has 5 heteroatoms. The Balaban J connectivity index is 1.70. The van der Waals surface area contributed by atoms with Crippen molar-refractivity contribution in [2.24, 2.45) is 0 Å². The molecule has 0 radical (unpaired) electrons. The molecule has 3 rings (SSSR count). The van der Waals surface area contributed by atoms with Crippen LogP contribution in [0, 0.1) is 0 Å². The predicted molar refractivity (Wildman–Crippen MR) is 128 cm³/mol. The Bertz CT molecular complexity index is 937. The zero-order valence-corrected chi connectivity index (χ0v) is 19.1. The van der Waals surface area contributed by atoms with Crippen LogP contribution >= 0.6 is 0 Å². The van der Waals surface area contributed by atoms with Crippen LogP contribution in [0.25, 0.3) is 0 Å². The highest BCUT2D eigenvalue weighted by atomic mass is 16.5. The van der Waals surface area contributed by atoms with E-state index in [0.29, 0.717) is 25.4 Å². The molecule has 1 N–H and O–H groups in total. The molecule has 0 atom stereocenters. The summed E-state index contributed by atoms with van der Waals surface area (Å²) in [5.74, 6) is 1.42. The number of benzene rings is 3. The standard InChI is InChI=1S/C27H32N2O3/c1-4-29(19-21-16-17-24(32-5-2)25(18-21)31-3)20-26(30)28-27(22-12-8-6-9-13-22)23-14-10-7-11-15-23/h6-18,27H,4-5,19-20H2,1-3H3,(H,28,30). The summed E-state index contributed by atoms with van der Waals surface area (Å²) in [5, 5.41) is 3.22. The van der Waals surface area contributed by atoms with E-state index in [0.717, 1.165) is 29.0 Å². The lowest BCUT2D eigenvalue weighted by Crippen LogP contribution is -2.39. The van der Waals surface area contributed by atoms with Gasteiger partial charge in [-0.3, -0.25) is 9.69 Å². The SMILES string of the molecule is CCOc1ccc(CN(CC)CC(=O)NC(c2ccccc2)c2ccccc2)cc1OC. The number of methoxy groups -OCH3 is 1. The molecule has 1 amide bonds. The van der Waals surface area contributed by atoms with E-state index in [1.807, 2.05) is 85.8 Å². The van der Waals surface area contributed by atoms with E-state index in [-0.39, 0.29) is 11.9 Å². The molecule has 3 aromatic rings. The molecule has 3 aromatic carbocycles. The van der Waals surface area contributed by atoms with Gasteiger partial charge in [0, 0.05) is 6.54 Å². The molecule has 0 saturated heterocycles. The molecule has 0 bridgehead atoms. The van der Waals surface area contributed by atoms with Crippen molar-refractivity contribution in [1.29, 1.82) is 0 Å². The Morgan fingerprint density at radius 2 is 1.53 bits per heavy atom. The van der Waals surface area contributed by atoms with Crippen LogP contribution in [0.3, 0.4) is 0 Å². The fraction of sp³-hybridized carbons (Fsp3) is 0.296. The minimum Gasteiger partial charge on any atom is -0.493 e. The zero-order chi connectivity index (χ0) is 22.8. The largest absolute Gasteiger partial charge is 0.493 e. The summed E-state index contributed by atoms with van der Waals surface area (Å²) >= 11 is 0. The van der Waals surface area contributed by atoms with Gasteiger partial charge in [-0.25, -0.2) is 0 Å². The summed E-state index contributed by atoms with van der Waals surface area (Å²) in [7, 11) is 1.64. The molecule has 0 saturated carbocycles. The maximum atomic E-state index is 13.0. The second-order valence-corrected chi connectivity index (χ2v) is 7.54. The fourth-order valence-corrected chi connectivity index (χ4v) is 3.68. The van der Waals surface area contributed by atoms with Crippen LogP contribution in [-0.2, 0) is 11.3 Å². The number of rotatable bonds is 11. The van der Waals surface area contributed by atoms with Gasteiger partial charge in [0.2, 0.25) is 5.91 Å². The molecule has 0 aliphatic rings. The van der Waals surface area contributed by atoms with E-state index in [9.17, 15) is 4.79 Å². The van der Waals surface area contributed by atoms with E-state index in [1.165, 1.54) is 0 Å². The number of nitrogens with zero attached hydrogens (tertiary/aromatic N) is 1. The summed E-state index contributed by atoms with van der Waals surface area (Å²) in [5.41, 5.74) is 3.19. The van der Waals surface area contributed by atoms with Gasteiger partial charge >= 0.3 is 0 Å². The molecule has 0 spiro atoms. The number of amides is 1. The van der Waals surface area contributed by atoms with E-state index >= 15 is 0 Å². The summed E-state index contributed by atoms with van der Waals surface area (Å²) < 4.78 is 11.1. The molecule has 5 nitrogen and oxygen atoms in total. The summed E-state index contributed by atoms with van der Waals surface area (Å²) in [6, 6.07) is 25.9. The quantitative estimate of drug-likeness (QED) is 0.472. The molecule has 168 valence electrons. The first kappa shape index (κ1) is 23.4. The van der Waals surface area contributed by atoms with E-state index in [4.69, 9.17) is 9.47 Å². The van der Waals surface area contributed by atoms with Crippen molar-refractivity contribution < 1.29 is 14.3 Å². The maximum Gasteiger partial charge on any atom is 0.234 e. The molecule has 0 fully saturated rings. The van der Waals surface area contributed by atoms with Crippen LogP contribution in [0.1, 0.15) is 36.6 Å². The number of carbonyl (C=O) groups is 1. The predicted octanol–water partition coefficient (Wildman–Crippen LogP) is 4.82. The molecule has 32 heavy (non-hydrogen) atoms. The Morgan fingerprint density at radius 3 is 2.06 bits per heavy atom. The van der Waals surface area contributed by atoms with E-state index < -0.39 is 0 Å². The van der Waals surface area contributed by atoms with Gasteiger partial charge in [0.05, 0.1) is 26.3 Å². The normalized spacial score (nSPS) is 10.9. The maximum absolute atomic E-state index is 13.0. The van der Waals surface area contributed by atoms with Crippen molar-refractivity contribution >= 4 is 5.91 Å². The minimum atomic E-state index is -0.186. The van der Waals surface area contributed by atoms with Crippen molar-refractivity contribution in [3.8, 4) is 11.5 Å². The van der Waals surface area contributed by atoms with Crippen molar-refractivity contribution in [2.45, 2.75) is 26.4 Å². The van der Waals surface area contributed by atoms with E-state index in [2.05, 4.69) is 17.1 Å². The Morgan fingerprint density at radius 1 is 0.906 bits per heavy atom. The Hall–Kier alpha value is -3.31. The second-order valence-electron chi connectivity index (χ2n) is 7.54. The van der Waals surface area contributed by atoms with Gasteiger partial charge in [0.1, 0.15) is 0 Å². The number of hydrogen-bond donors (Lipinski definition) is 1. The molecule has 0 heterocycles. The Kier molecular flexibility index (Phi) is 8.70. The highest BCUT2D eigenvalue weighted by molar-refractivity contribution is 5.79. The molecule has 0 aliphatic carbocycles. The third-order valence-corrected chi connectivity index (χ3v) is 5.32. The third-order valence-electron chi connectivity index (χ3n) is 5.32. The van der Waals surface area contributed by atoms with Crippen LogP contribution in [0.15, 0.2) is 78.9 Å². The van der Waals surface area contributed by atoms with Crippen molar-refractivity contribution in [3.63, 3.8) is 0 Å². The smallest absolute Gasteiger partial charge is 0.234 e. The number of likely N-dealkylation sites (N-methyl/N-ethyl adjacent to an activating group) is 1. The molecule has 0 aromatic heterocycles. The van der Waals surface area contributed by atoms with Gasteiger partial charge in [0.15, 0.2) is 11.5 Å². The number of ether oxygens (including phenoxy) is 2. The monoisotopic (exact) mass is 432 g/mol. The molecule has 0 unspecified atom stereocenters. The number of carbonyl (C=O) groups excluding carboxylic acids is 1. The topological polar surface area (TPSA) is 50.8 Å². The van der Waals surface area contributed by atoms with E-state index in [1.54, 1.807) is 7.11 Å². The van der Waals surface area contributed by atoms with Crippen molar-refractivity contribution in [1.82, 2.24) is 10.2 Å². The zero-order valence-electron chi connectivity index (χ0n) is 19.1.